The lowest BCUT2D eigenvalue weighted by molar-refractivity contribution is 1.26. The number of anilines is 2. The van der Waals surface area contributed by atoms with Crippen LogP contribution in [0.1, 0.15) is 5.69 Å². The van der Waals surface area contributed by atoms with Crippen LogP contribution in [-0.2, 0) is 0 Å². The molecule has 0 aliphatic carbocycles. The van der Waals surface area contributed by atoms with Crippen molar-refractivity contribution < 1.29 is 0 Å². The quantitative estimate of drug-likeness (QED) is 0.782. The van der Waals surface area contributed by atoms with Crippen LogP contribution >= 0.6 is 23.3 Å². The Balaban J connectivity index is 2.02. The number of fused-ring (bicyclic) bond motifs is 1. The maximum Gasteiger partial charge on any atom is 0.140 e. The molecule has 3 rings (SSSR count). The number of nitrogens with zero attached hydrogens (tertiary/aromatic N) is 4. The highest BCUT2D eigenvalue weighted by Crippen LogP contribution is 2.32. The third-order valence-electron chi connectivity index (χ3n) is 2.52. The zero-order valence-electron chi connectivity index (χ0n) is 9.46. The van der Waals surface area contributed by atoms with E-state index in [0.29, 0.717) is 16.4 Å². The molecule has 5 nitrogen and oxygen atoms in total. The van der Waals surface area contributed by atoms with E-state index < -0.39 is 0 Å². The Morgan fingerprint density at radius 2 is 2.11 bits per heavy atom. The van der Waals surface area contributed by atoms with Crippen molar-refractivity contribution in [1.82, 2.24) is 13.7 Å². The first-order chi connectivity index (χ1) is 9.28. The highest BCUT2D eigenvalue weighted by Gasteiger charge is 2.10. The molecule has 0 spiro atoms. The maximum absolute atomic E-state index is 8.70. The molecule has 0 amide bonds. The number of aromatic nitrogens is 3. The molecular formula is C12H6ClN5S. The lowest BCUT2D eigenvalue weighted by atomic mass is 10.2. The number of hydrogen-bond acceptors (Lipinski definition) is 6. The van der Waals surface area contributed by atoms with E-state index >= 15 is 0 Å². The van der Waals surface area contributed by atoms with Crippen molar-refractivity contribution in [3.8, 4) is 6.07 Å². The van der Waals surface area contributed by atoms with E-state index in [1.165, 1.54) is 0 Å². The van der Waals surface area contributed by atoms with Crippen molar-refractivity contribution in [2.45, 2.75) is 0 Å². The molecule has 3 aromatic rings. The molecule has 92 valence electrons. The number of hydrogen-bond donors (Lipinski definition) is 1. The first-order valence-corrected chi connectivity index (χ1v) is 6.43. The van der Waals surface area contributed by atoms with Gasteiger partial charge >= 0.3 is 0 Å². The number of halogens is 1. The van der Waals surface area contributed by atoms with Gasteiger partial charge in [-0.2, -0.15) is 14.0 Å². The summed E-state index contributed by atoms with van der Waals surface area (Å²) in [6.45, 7) is 0. The topological polar surface area (TPSA) is 74.5 Å². The fourth-order valence-corrected chi connectivity index (χ4v) is 2.37. The molecule has 0 unspecified atom stereocenters. The van der Waals surface area contributed by atoms with Gasteiger partial charge in [-0.1, -0.05) is 11.6 Å². The van der Waals surface area contributed by atoms with Gasteiger partial charge in [0.2, 0.25) is 0 Å². The van der Waals surface area contributed by atoms with Gasteiger partial charge in [-0.05, 0) is 24.3 Å². The van der Waals surface area contributed by atoms with Gasteiger partial charge in [0.1, 0.15) is 22.8 Å². The van der Waals surface area contributed by atoms with Crippen LogP contribution in [0.25, 0.3) is 11.0 Å². The van der Waals surface area contributed by atoms with Gasteiger partial charge in [0.25, 0.3) is 0 Å². The molecule has 1 N–H and O–H groups in total. The predicted octanol–water partition coefficient (Wildman–Crippen LogP) is 3.35. The van der Waals surface area contributed by atoms with Gasteiger partial charge in [-0.25, -0.2) is 4.98 Å². The largest absolute Gasteiger partial charge is 0.351 e. The summed E-state index contributed by atoms with van der Waals surface area (Å²) in [4.78, 5) is 3.99. The second-order valence-corrected chi connectivity index (χ2v) is 4.66. The van der Waals surface area contributed by atoms with Crippen LogP contribution in [0.15, 0.2) is 30.5 Å². The molecule has 19 heavy (non-hydrogen) atoms. The Bertz CT molecular complexity index is 775. The molecular weight excluding hydrogens is 282 g/mol. The fourth-order valence-electron chi connectivity index (χ4n) is 1.62. The van der Waals surface area contributed by atoms with E-state index in [-0.39, 0.29) is 0 Å². The van der Waals surface area contributed by atoms with Crippen molar-refractivity contribution in [3.05, 3.63) is 41.2 Å². The van der Waals surface area contributed by atoms with Crippen LogP contribution in [0, 0.1) is 11.3 Å². The summed E-state index contributed by atoms with van der Waals surface area (Å²) in [5.74, 6) is 0. The third kappa shape index (κ3) is 2.21. The highest BCUT2D eigenvalue weighted by molar-refractivity contribution is 7.00. The van der Waals surface area contributed by atoms with E-state index in [0.717, 1.165) is 28.4 Å². The maximum atomic E-state index is 8.70. The van der Waals surface area contributed by atoms with E-state index in [4.69, 9.17) is 16.9 Å². The van der Waals surface area contributed by atoms with E-state index in [1.54, 1.807) is 24.4 Å². The van der Waals surface area contributed by atoms with E-state index in [1.807, 2.05) is 12.1 Å². The van der Waals surface area contributed by atoms with Gasteiger partial charge in [0.05, 0.1) is 34.3 Å². The second kappa shape index (κ2) is 4.80. The van der Waals surface area contributed by atoms with Crippen molar-refractivity contribution in [3.63, 3.8) is 0 Å². The summed E-state index contributed by atoms with van der Waals surface area (Å²) < 4.78 is 8.38. The third-order valence-corrected chi connectivity index (χ3v) is 3.38. The number of nitriles is 1. The SMILES string of the molecule is N#Cc1ccc(Nc2c(Cl)ccc3nsnc23)cn1. The first kappa shape index (κ1) is 11.8. The van der Waals surface area contributed by atoms with Crippen molar-refractivity contribution in [2.24, 2.45) is 0 Å². The minimum Gasteiger partial charge on any atom is -0.351 e. The van der Waals surface area contributed by atoms with E-state index in [9.17, 15) is 0 Å². The van der Waals surface area contributed by atoms with Crippen LogP contribution in [0.5, 0.6) is 0 Å². The Hall–Kier alpha value is -2.23. The summed E-state index contributed by atoms with van der Waals surface area (Å²) >= 11 is 7.31. The Morgan fingerprint density at radius 3 is 2.84 bits per heavy atom. The van der Waals surface area contributed by atoms with Gasteiger partial charge in [0.15, 0.2) is 0 Å². The second-order valence-electron chi connectivity index (χ2n) is 3.72. The minimum atomic E-state index is 0.366. The van der Waals surface area contributed by atoms with Crippen LogP contribution in [-0.4, -0.2) is 13.7 Å². The minimum absolute atomic E-state index is 0.366. The van der Waals surface area contributed by atoms with Crippen LogP contribution in [0.4, 0.5) is 11.4 Å². The van der Waals surface area contributed by atoms with E-state index in [2.05, 4.69) is 19.0 Å². The summed E-state index contributed by atoms with van der Waals surface area (Å²) in [5, 5.41) is 12.4. The van der Waals surface area contributed by atoms with Crippen molar-refractivity contribution in [2.75, 3.05) is 5.32 Å². The predicted molar refractivity (Wildman–Crippen MR) is 74.7 cm³/mol. The molecule has 0 aliphatic heterocycles. The summed E-state index contributed by atoms with van der Waals surface area (Å²) in [6.07, 6.45) is 1.58. The lowest BCUT2D eigenvalue weighted by Crippen LogP contribution is -1.94. The zero-order chi connectivity index (χ0) is 13.2. The molecule has 0 aliphatic rings. The molecule has 7 heteroatoms. The summed E-state index contributed by atoms with van der Waals surface area (Å²) in [6, 6.07) is 8.96. The molecule has 0 atom stereocenters. The molecule has 0 radical (unpaired) electrons. The number of rotatable bonds is 2. The summed E-state index contributed by atoms with van der Waals surface area (Å²) in [5.41, 5.74) is 3.31. The van der Waals surface area contributed by atoms with Gasteiger partial charge in [0, 0.05) is 0 Å². The average molecular weight is 288 g/mol. The molecule has 2 aromatic heterocycles. The van der Waals surface area contributed by atoms with Crippen LogP contribution in [0.2, 0.25) is 5.02 Å². The van der Waals surface area contributed by atoms with Gasteiger partial charge in [-0.3, -0.25) is 0 Å². The fraction of sp³-hybridized carbons (Fsp3) is 0. The average Bonchev–Trinajstić information content (AvgIpc) is 2.91. The monoisotopic (exact) mass is 287 g/mol. The molecule has 0 fully saturated rings. The summed E-state index contributed by atoms with van der Waals surface area (Å²) in [7, 11) is 0. The van der Waals surface area contributed by atoms with Gasteiger partial charge < -0.3 is 5.32 Å². The first-order valence-electron chi connectivity index (χ1n) is 5.32. The van der Waals surface area contributed by atoms with Crippen molar-refractivity contribution in [1.29, 1.82) is 5.26 Å². The Morgan fingerprint density at radius 1 is 1.21 bits per heavy atom. The molecule has 1 aromatic carbocycles. The number of pyridine rings is 1. The van der Waals surface area contributed by atoms with Crippen LogP contribution < -0.4 is 5.32 Å². The molecule has 0 saturated carbocycles. The van der Waals surface area contributed by atoms with Crippen LogP contribution in [0.3, 0.4) is 0 Å². The smallest absolute Gasteiger partial charge is 0.140 e. The zero-order valence-corrected chi connectivity index (χ0v) is 11.0. The number of nitrogens with one attached hydrogen (secondary N) is 1. The Labute approximate surface area is 117 Å². The van der Waals surface area contributed by atoms with Gasteiger partial charge in [-0.15, -0.1) is 0 Å². The molecule has 0 saturated heterocycles. The molecule has 2 heterocycles. The normalized spacial score (nSPS) is 10.3. The van der Waals surface area contributed by atoms with Crippen molar-refractivity contribution >= 4 is 45.7 Å². The highest BCUT2D eigenvalue weighted by atomic mass is 35.5. The standard InChI is InChI=1S/C12H6ClN5S/c13-9-3-4-10-12(18-19-17-10)11(9)16-8-2-1-7(5-14)15-6-8/h1-4,6,16H. The lowest BCUT2D eigenvalue weighted by Gasteiger charge is -2.08. The number of benzene rings is 1. The Kier molecular flexibility index (Phi) is 2.99. The molecule has 0 bridgehead atoms.